The SMILES string of the molecule is CSc1cc2c(cn1)CCc1c-2nn2c1C(=O)NCC2. The van der Waals surface area contributed by atoms with E-state index in [1.807, 2.05) is 17.1 Å². The first-order chi connectivity index (χ1) is 9.78. The number of fused-ring (bicyclic) bond motifs is 5. The maximum atomic E-state index is 12.1. The van der Waals surface area contributed by atoms with Gasteiger partial charge in [0.2, 0.25) is 0 Å². The Morgan fingerprint density at radius 3 is 3.15 bits per heavy atom. The highest BCUT2D eigenvalue weighted by Crippen LogP contribution is 2.36. The number of nitrogens with zero attached hydrogens (tertiary/aromatic N) is 3. The Balaban J connectivity index is 1.94. The zero-order valence-corrected chi connectivity index (χ0v) is 12.0. The summed E-state index contributed by atoms with van der Waals surface area (Å²) in [6, 6.07) is 2.09. The standard InChI is InChI=1S/C14H14N4OS/c1-20-11-6-10-8(7-16-11)2-3-9-12(10)17-18-5-4-15-14(19)13(9)18/h6-7H,2-5H2,1H3,(H,15,19). The summed E-state index contributed by atoms with van der Waals surface area (Å²) in [5.74, 6) is 0.00703. The molecule has 2 aromatic rings. The third kappa shape index (κ3) is 1.61. The molecular weight excluding hydrogens is 272 g/mol. The highest BCUT2D eigenvalue weighted by Gasteiger charge is 2.30. The molecule has 0 spiro atoms. The molecule has 0 unspecified atom stereocenters. The van der Waals surface area contributed by atoms with Crippen LogP contribution in [0.3, 0.4) is 0 Å². The van der Waals surface area contributed by atoms with Gasteiger partial charge in [-0.15, -0.1) is 11.8 Å². The van der Waals surface area contributed by atoms with Gasteiger partial charge in [0.25, 0.3) is 5.91 Å². The summed E-state index contributed by atoms with van der Waals surface area (Å²) in [5.41, 5.74) is 5.18. The van der Waals surface area contributed by atoms with Gasteiger partial charge in [-0.1, -0.05) is 0 Å². The van der Waals surface area contributed by atoms with E-state index in [4.69, 9.17) is 0 Å². The first kappa shape index (κ1) is 12.0. The maximum absolute atomic E-state index is 12.1. The lowest BCUT2D eigenvalue weighted by atomic mass is 9.90. The number of amides is 1. The molecule has 3 heterocycles. The largest absolute Gasteiger partial charge is 0.349 e. The van der Waals surface area contributed by atoms with Crippen molar-refractivity contribution >= 4 is 17.7 Å². The second-order valence-electron chi connectivity index (χ2n) is 5.04. The molecule has 0 atom stereocenters. The smallest absolute Gasteiger partial charge is 0.269 e. The monoisotopic (exact) mass is 286 g/mol. The average Bonchev–Trinajstić information content (AvgIpc) is 2.87. The summed E-state index contributed by atoms with van der Waals surface area (Å²) in [5, 5.41) is 8.57. The predicted octanol–water partition coefficient (Wildman–Crippen LogP) is 1.51. The number of carbonyl (C=O) groups excluding carboxylic acids is 1. The van der Waals surface area contributed by atoms with Crippen LogP contribution in [0, 0.1) is 0 Å². The van der Waals surface area contributed by atoms with E-state index in [0.717, 1.165) is 46.9 Å². The topological polar surface area (TPSA) is 59.8 Å². The van der Waals surface area contributed by atoms with Crippen LogP contribution in [-0.2, 0) is 19.4 Å². The van der Waals surface area contributed by atoms with Gasteiger partial charge in [-0.25, -0.2) is 4.98 Å². The Morgan fingerprint density at radius 2 is 2.30 bits per heavy atom. The number of pyridine rings is 1. The molecule has 20 heavy (non-hydrogen) atoms. The first-order valence-corrected chi connectivity index (χ1v) is 7.91. The number of carbonyl (C=O) groups is 1. The Morgan fingerprint density at radius 1 is 1.40 bits per heavy atom. The fraction of sp³-hybridized carbons (Fsp3) is 0.357. The summed E-state index contributed by atoms with van der Waals surface area (Å²) < 4.78 is 1.86. The highest BCUT2D eigenvalue weighted by molar-refractivity contribution is 7.98. The van der Waals surface area contributed by atoms with E-state index in [1.165, 1.54) is 5.56 Å². The van der Waals surface area contributed by atoms with Crippen molar-refractivity contribution in [3.63, 3.8) is 0 Å². The number of thioether (sulfide) groups is 1. The van der Waals surface area contributed by atoms with Gasteiger partial charge in [0, 0.05) is 23.9 Å². The van der Waals surface area contributed by atoms with Crippen LogP contribution in [0.5, 0.6) is 0 Å². The molecule has 6 heteroatoms. The fourth-order valence-electron chi connectivity index (χ4n) is 2.98. The highest BCUT2D eigenvalue weighted by atomic mass is 32.2. The van der Waals surface area contributed by atoms with E-state index in [9.17, 15) is 4.79 Å². The second-order valence-corrected chi connectivity index (χ2v) is 5.87. The summed E-state index contributed by atoms with van der Waals surface area (Å²) in [6.45, 7) is 1.41. The lowest BCUT2D eigenvalue weighted by molar-refractivity contribution is 0.0923. The normalized spacial score (nSPS) is 16.1. The molecule has 1 aliphatic heterocycles. The van der Waals surface area contributed by atoms with Crippen LogP contribution >= 0.6 is 11.8 Å². The first-order valence-electron chi connectivity index (χ1n) is 6.69. The number of rotatable bonds is 1. The Bertz CT molecular complexity index is 722. The van der Waals surface area contributed by atoms with Crippen molar-refractivity contribution in [2.45, 2.75) is 24.4 Å². The van der Waals surface area contributed by atoms with Crippen molar-refractivity contribution in [3.05, 3.63) is 29.1 Å². The van der Waals surface area contributed by atoms with Crippen molar-refractivity contribution in [2.75, 3.05) is 12.8 Å². The lowest BCUT2D eigenvalue weighted by Crippen LogP contribution is -2.36. The van der Waals surface area contributed by atoms with Gasteiger partial charge in [0.1, 0.15) is 5.69 Å². The number of nitrogens with one attached hydrogen (secondary N) is 1. The third-order valence-electron chi connectivity index (χ3n) is 3.94. The van der Waals surface area contributed by atoms with Gasteiger partial charge in [0.05, 0.1) is 17.3 Å². The lowest BCUT2D eigenvalue weighted by Gasteiger charge is -2.17. The molecule has 0 bridgehead atoms. The van der Waals surface area contributed by atoms with Crippen molar-refractivity contribution in [3.8, 4) is 11.3 Å². The number of aryl methyl sites for hydroxylation is 1. The molecule has 2 aliphatic rings. The van der Waals surface area contributed by atoms with Crippen LogP contribution in [-0.4, -0.2) is 33.5 Å². The minimum Gasteiger partial charge on any atom is -0.349 e. The Hall–Kier alpha value is -1.82. The van der Waals surface area contributed by atoms with E-state index in [2.05, 4.69) is 21.5 Å². The van der Waals surface area contributed by atoms with Gasteiger partial charge in [-0.3, -0.25) is 9.48 Å². The minimum absolute atomic E-state index is 0.00703. The number of hydrogen-bond donors (Lipinski definition) is 1. The Kier molecular flexibility index (Phi) is 2.60. The summed E-state index contributed by atoms with van der Waals surface area (Å²) in [4.78, 5) is 16.5. The van der Waals surface area contributed by atoms with Crippen LogP contribution in [0.4, 0.5) is 0 Å². The summed E-state index contributed by atoms with van der Waals surface area (Å²) in [7, 11) is 0. The van der Waals surface area contributed by atoms with Gasteiger partial charge < -0.3 is 5.32 Å². The maximum Gasteiger partial charge on any atom is 0.269 e. The van der Waals surface area contributed by atoms with Crippen LogP contribution < -0.4 is 5.32 Å². The number of hydrogen-bond acceptors (Lipinski definition) is 4. The van der Waals surface area contributed by atoms with E-state index in [1.54, 1.807) is 11.8 Å². The summed E-state index contributed by atoms with van der Waals surface area (Å²) in [6.07, 6.45) is 5.76. The van der Waals surface area contributed by atoms with Crippen molar-refractivity contribution in [1.29, 1.82) is 0 Å². The van der Waals surface area contributed by atoms with E-state index < -0.39 is 0 Å². The van der Waals surface area contributed by atoms with Gasteiger partial charge in [0.15, 0.2) is 0 Å². The quantitative estimate of drug-likeness (QED) is 0.807. The van der Waals surface area contributed by atoms with Gasteiger partial charge in [-0.2, -0.15) is 5.10 Å². The van der Waals surface area contributed by atoms with Crippen LogP contribution in [0.15, 0.2) is 17.3 Å². The fourth-order valence-corrected chi connectivity index (χ4v) is 3.38. The van der Waals surface area contributed by atoms with Crippen molar-refractivity contribution in [1.82, 2.24) is 20.1 Å². The average molecular weight is 286 g/mol. The third-order valence-corrected chi connectivity index (χ3v) is 4.59. The van der Waals surface area contributed by atoms with Crippen LogP contribution in [0.2, 0.25) is 0 Å². The molecule has 0 radical (unpaired) electrons. The van der Waals surface area contributed by atoms with E-state index in [-0.39, 0.29) is 5.91 Å². The zero-order valence-electron chi connectivity index (χ0n) is 11.1. The molecule has 102 valence electrons. The van der Waals surface area contributed by atoms with Crippen molar-refractivity contribution in [2.24, 2.45) is 0 Å². The number of aromatic nitrogens is 3. The summed E-state index contributed by atoms with van der Waals surface area (Å²) >= 11 is 1.63. The molecule has 0 saturated heterocycles. The molecule has 0 saturated carbocycles. The zero-order chi connectivity index (χ0) is 13.7. The minimum atomic E-state index is 0.00703. The van der Waals surface area contributed by atoms with E-state index >= 15 is 0 Å². The molecule has 1 aliphatic carbocycles. The second kappa shape index (κ2) is 4.34. The Labute approximate surface area is 120 Å². The molecule has 5 nitrogen and oxygen atoms in total. The predicted molar refractivity (Wildman–Crippen MR) is 77.0 cm³/mol. The van der Waals surface area contributed by atoms with Crippen LogP contribution in [0.25, 0.3) is 11.3 Å². The molecule has 0 fully saturated rings. The van der Waals surface area contributed by atoms with Crippen LogP contribution in [0.1, 0.15) is 21.6 Å². The molecule has 1 amide bonds. The van der Waals surface area contributed by atoms with E-state index in [0.29, 0.717) is 6.54 Å². The molecule has 2 aromatic heterocycles. The van der Waals surface area contributed by atoms with Gasteiger partial charge in [-0.05, 0) is 30.7 Å². The molecular formula is C14H14N4OS. The molecule has 4 rings (SSSR count). The molecule has 0 aromatic carbocycles. The van der Waals surface area contributed by atoms with Gasteiger partial charge >= 0.3 is 0 Å². The molecule has 1 N–H and O–H groups in total. The van der Waals surface area contributed by atoms with Crippen molar-refractivity contribution < 1.29 is 4.79 Å².